The molecule has 2 aromatic heterocycles. The molecule has 30 heavy (non-hydrogen) atoms. The Bertz CT molecular complexity index is 1130. The second kappa shape index (κ2) is 8.40. The Balaban J connectivity index is 1.81. The summed E-state index contributed by atoms with van der Waals surface area (Å²) in [5, 5.41) is 12.3. The van der Waals surface area contributed by atoms with Gasteiger partial charge in [-0.25, -0.2) is 4.79 Å². The van der Waals surface area contributed by atoms with Crippen LogP contribution in [0.2, 0.25) is 0 Å². The first-order chi connectivity index (χ1) is 14.2. The van der Waals surface area contributed by atoms with Gasteiger partial charge in [0.05, 0.1) is 5.39 Å². The zero-order valence-corrected chi connectivity index (χ0v) is 17.0. The molecule has 0 aliphatic carbocycles. The fourth-order valence-electron chi connectivity index (χ4n) is 3.46. The van der Waals surface area contributed by atoms with Gasteiger partial charge in [0.1, 0.15) is 11.7 Å². The number of nitrogens with one attached hydrogen (secondary N) is 3. The molecule has 1 aromatic carbocycles. The third-order valence-electron chi connectivity index (χ3n) is 5.04. The predicted molar refractivity (Wildman–Crippen MR) is 113 cm³/mol. The molecular formula is C21H25N5O4. The van der Waals surface area contributed by atoms with E-state index in [1.165, 1.54) is 0 Å². The zero-order valence-electron chi connectivity index (χ0n) is 17.0. The molecule has 3 aromatic rings. The number of nitrogen functional groups attached to an aromatic ring is 1. The van der Waals surface area contributed by atoms with Gasteiger partial charge in [-0.3, -0.25) is 14.6 Å². The zero-order chi connectivity index (χ0) is 22.0. The van der Waals surface area contributed by atoms with Gasteiger partial charge in [0.2, 0.25) is 5.95 Å². The number of carbonyl (C=O) groups is 2. The van der Waals surface area contributed by atoms with Crippen molar-refractivity contribution in [3.05, 3.63) is 57.5 Å². The average molecular weight is 411 g/mol. The molecular weight excluding hydrogens is 386 g/mol. The molecule has 2 heterocycles. The van der Waals surface area contributed by atoms with Crippen molar-refractivity contribution in [3.8, 4) is 0 Å². The fourth-order valence-corrected chi connectivity index (χ4v) is 3.46. The number of nitrogens with two attached hydrogens (primary N) is 1. The average Bonchev–Trinajstić information content (AvgIpc) is 3.10. The van der Waals surface area contributed by atoms with Crippen LogP contribution in [0, 0.1) is 5.92 Å². The van der Waals surface area contributed by atoms with Gasteiger partial charge < -0.3 is 21.1 Å². The van der Waals surface area contributed by atoms with Gasteiger partial charge >= 0.3 is 5.97 Å². The van der Waals surface area contributed by atoms with Crippen molar-refractivity contribution in [2.24, 2.45) is 5.92 Å². The van der Waals surface area contributed by atoms with Gasteiger partial charge in [-0.05, 0) is 35.6 Å². The summed E-state index contributed by atoms with van der Waals surface area (Å²) in [5.74, 6) is -1.46. The van der Waals surface area contributed by atoms with E-state index in [0.29, 0.717) is 23.0 Å². The highest BCUT2D eigenvalue weighted by molar-refractivity contribution is 5.96. The van der Waals surface area contributed by atoms with Gasteiger partial charge in [0, 0.05) is 17.7 Å². The van der Waals surface area contributed by atoms with Gasteiger partial charge in [0.15, 0.2) is 0 Å². The van der Waals surface area contributed by atoms with Gasteiger partial charge in [-0.1, -0.05) is 32.9 Å². The molecule has 9 nitrogen and oxygen atoms in total. The Hall–Kier alpha value is -3.62. The second-order valence-electron chi connectivity index (χ2n) is 7.76. The van der Waals surface area contributed by atoms with Crippen LogP contribution in [-0.2, 0) is 4.79 Å². The maximum absolute atomic E-state index is 12.5. The smallest absolute Gasteiger partial charge is 0.326 e. The van der Waals surface area contributed by atoms with Crippen molar-refractivity contribution in [1.29, 1.82) is 0 Å². The van der Waals surface area contributed by atoms with Crippen LogP contribution >= 0.6 is 0 Å². The van der Waals surface area contributed by atoms with Crippen LogP contribution in [0.15, 0.2) is 35.3 Å². The molecule has 2 atom stereocenters. The normalized spacial score (nSPS) is 13.3. The van der Waals surface area contributed by atoms with Crippen molar-refractivity contribution in [2.45, 2.75) is 39.2 Å². The molecule has 0 radical (unpaired) electrons. The highest BCUT2D eigenvalue weighted by Gasteiger charge is 2.22. The number of hydrogen-bond donors (Lipinski definition) is 5. The summed E-state index contributed by atoms with van der Waals surface area (Å²) in [6, 6.07) is 5.93. The van der Waals surface area contributed by atoms with E-state index in [2.05, 4.69) is 20.3 Å². The van der Waals surface area contributed by atoms with Crippen LogP contribution < -0.4 is 16.6 Å². The third kappa shape index (κ3) is 4.35. The Kier molecular flexibility index (Phi) is 5.91. The lowest BCUT2D eigenvalue weighted by Gasteiger charge is -2.17. The first-order valence-corrected chi connectivity index (χ1v) is 9.67. The predicted octanol–water partition coefficient (Wildman–Crippen LogP) is 2.21. The van der Waals surface area contributed by atoms with E-state index in [9.17, 15) is 19.5 Å². The summed E-state index contributed by atoms with van der Waals surface area (Å²) in [7, 11) is 0. The van der Waals surface area contributed by atoms with Gasteiger partial charge in [-0.15, -0.1) is 0 Å². The number of aliphatic carboxylic acids is 1. The number of aromatic nitrogens is 3. The summed E-state index contributed by atoms with van der Waals surface area (Å²) < 4.78 is 0. The number of amides is 1. The topological polar surface area (TPSA) is 154 Å². The highest BCUT2D eigenvalue weighted by atomic mass is 16.4. The van der Waals surface area contributed by atoms with Crippen LogP contribution in [0.4, 0.5) is 5.95 Å². The first kappa shape index (κ1) is 21.1. The Labute approximate surface area is 172 Å². The minimum Gasteiger partial charge on any atom is -0.480 e. The number of hydrogen-bond acceptors (Lipinski definition) is 5. The van der Waals surface area contributed by atoms with Crippen molar-refractivity contribution in [2.75, 3.05) is 5.73 Å². The fraction of sp³-hybridized carbons (Fsp3) is 0.333. The molecule has 0 bridgehead atoms. The van der Waals surface area contributed by atoms with E-state index < -0.39 is 17.9 Å². The Morgan fingerprint density at radius 2 is 1.87 bits per heavy atom. The second-order valence-corrected chi connectivity index (χ2v) is 7.76. The van der Waals surface area contributed by atoms with E-state index in [1.54, 1.807) is 30.5 Å². The lowest BCUT2D eigenvalue weighted by molar-refractivity contribution is -0.139. The number of anilines is 1. The number of benzene rings is 1. The maximum Gasteiger partial charge on any atom is 0.326 e. The molecule has 0 aliphatic rings. The summed E-state index contributed by atoms with van der Waals surface area (Å²) in [5.41, 5.74) is 7.70. The summed E-state index contributed by atoms with van der Waals surface area (Å²) in [4.78, 5) is 45.7. The first-order valence-electron chi connectivity index (χ1n) is 9.67. The molecule has 3 rings (SSSR count). The van der Waals surface area contributed by atoms with Crippen molar-refractivity contribution < 1.29 is 14.7 Å². The van der Waals surface area contributed by atoms with Crippen LogP contribution in [0.3, 0.4) is 0 Å². The molecule has 0 aliphatic heterocycles. The van der Waals surface area contributed by atoms with E-state index >= 15 is 0 Å². The van der Waals surface area contributed by atoms with Gasteiger partial charge in [-0.2, -0.15) is 4.98 Å². The number of carboxylic acids is 1. The molecule has 9 heteroatoms. The number of fused-ring (bicyclic) bond motifs is 1. The lowest BCUT2D eigenvalue weighted by atomic mass is 9.92. The lowest BCUT2D eigenvalue weighted by Crippen LogP contribution is -2.41. The summed E-state index contributed by atoms with van der Waals surface area (Å²) >= 11 is 0. The summed E-state index contributed by atoms with van der Waals surface area (Å²) in [6.07, 6.45) is 2.07. The van der Waals surface area contributed by atoms with Crippen molar-refractivity contribution in [1.82, 2.24) is 20.3 Å². The van der Waals surface area contributed by atoms with E-state index in [-0.39, 0.29) is 23.3 Å². The monoisotopic (exact) mass is 411 g/mol. The maximum atomic E-state index is 12.5. The molecule has 1 unspecified atom stereocenters. The van der Waals surface area contributed by atoms with E-state index in [0.717, 1.165) is 11.1 Å². The van der Waals surface area contributed by atoms with Crippen LogP contribution in [-0.4, -0.2) is 38.0 Å². The standard InChI is InChI=1S/C21H25N5O4/c1-10(2)8-15(20(29)30)24-18(27)13-6-4-12(5-7-13)11(3)14-9-23-17-16(14)19(28)26-21(22)25-17/h4-7,9-11,15H,8H2,1-3H3,(H,24,27)(H,29,30)(H4,22,23,25,26,28)/t11?,15-/m0/s1. The number of nitrogens with zero attached hydrogens (tertiary/aromatic N) is 1. The molecule has 0 saturated carbocycles. The molecule has 1 amide bonds. The number of rotatable bonds is 7. The number of carbonyl (C=O) groups excluding carboxylic acids is 1. The minimum atomic E-state index is -1.05. The summed E-state index contributed by atoms with van der Waals surface area (Å²) in [6.45, 7) is 5.74. The van der Waals surface area contributed by atoms with Crippen LogP contribution in [0.1, 0.15) is 54.6 Å². The third-order valence-corrected chi connectivity index (χ3v) is 5.04. The number of carboxylic acid groups (broad SMARTS) is 1. The number of aromatic amines is 2. The highest BCUT2D eigenvalue weighted by Crippen LogP contribution is 2.28. The quantitative estimate of drug-likeness (QED) is 0.402. The SMILES string of the molecule is CC(C)C[C@H](NC(=O)c1ccc(C(C)c2c[nH]c3nc(N)[nH]c(=O)c23)cc1)C(=O)O. The van der Waals surface area contributed by atoms with Crippen LogP contribution in [0.5, 0.6) is 0 Å². The van der Waals surface area contributed by atoms with Crippen molar-refractivity contribution >= 4 is 28.9 Å². The molecule has 0 fully saturated rings. The largest absolute Gasteiger partial charge is 0.480 e. The molecule has 158 valence electrons. The van der Waals surface area contributed by atoms with Crippen molar-refractivity contribution in [3.63, 3.8) is 0 Å². The molecule has 6 N–H and O–H groups in total. The molecule has 0 spiro atoms. The Morgan fingerprint density at radius 3 is 2.47 bits per heavy atom. The molecule has 0 saturated heterocycles. The van der Waals surface area contributed by atoms with Crippen LogP contribution in [0.25, 0.3) is 11.0 Å². The number of H-pyrrole nitrogens is 2. The van der Waals surface area contributed by atoms with E-state index in [4.69, 9.17) is 5.73 Å². The Morgan fingerprint density at radius 1 is 1.20 bits per heavy atom. The van der Waals surface area contributed by atoms with E-state index in [1.807, 2.05) is 20.8 Å². The minimum absolute atomic E-state index is 0.0426. The van der Waals surface area contributed by atoms with Gasteiger partial charge in [0.25, 0.3) is 11.5 Å².